The Balaban J connectivity index is 1.34. The highest BCUT2D eigenvalue weighted by molar-refractivity contribution is 7.84. The Morgan fingerprint density at radius 1 is 1.18 bits per heavy atom. The van der Waals surface area contributed by atoms with E-state index < -0.39 is 10.8 Å². The van der Waals surface area contributed by atoms with Gasteiger partial charge in [-0.3, -0.25) is 18.9 Å². The number of hydrogen-bond acceptors (Lipinski definition) is 4. The minimum Gasteiger partial charge on any atom is -0.355 e. The van der Waals surface area contributed by atoms with Crippen LogP contribution in [0.5, 0.6) is 0 Å². The second kappa shape index (κ2) is 10.6. The van der Waals surface area contributed by atoms with Gasteiger partial charge in [-0.1, -0.05) is 30.3 Å². The molecule has 28 heavy (non-hydrogen) atoms. The molecule has 2 fully saturated rings. The van der Waals surface area contributed by atoms with Crippen molar-refractivity contribution in [1.29, 1.82) is 0 Å². The van der Waals surface area contributed by atoms with Crippen molar-refractivity contribution in [1.82, 2.24) is 20.4 Å². The van der Waals surface area contributed by atoms with E-state index in [1.807, 2.05) is 30.3 Å². The largest absolute Gasteiger partial charge is 0.355 e. The number of aliphatic imine (C=N–C) groups is 1. The number of hydrogen-bond donors (Lipinski definition) is 2. The van der Waals surface area contributed by atoms with Gasteiger partial charge in [-0.25, -0.2) is 0 Å². The number of amides is 1. The molecule has 0 bridgehead atoms. The molecule has 1 aromatic rings. The lowest BCUT2D eigenvalue weighted by Gasteiger charge is -2.36. The zero-order chi connectivity index (χ0) is 19.8. The zero-order valence-electron chi connectivity index (χ0n) is 16.6. The molecule has 1 amide bonds. The van der Waals surface area contributed by atoms with Crippen LogP contribution >= 0.6 is 0 Å². The van der Waals surface area contributed by atoms with Crippen molar-refractivity contribution in [3.63, 3.8) is 0 Å². The van der Waals surface area contributed by atoms with Crippen LogP contribution in [-0.2, 0) is 21.3 Å². The van der Waals surface area contributed by atoms with Crippen LogP contribution in [0.25, 0.3) is 0 Å². The first-order valence-corrected chi connectivity index (χ1v) is 11.5. The second-order valence-electron chi connectivity index (χ2n) is 7.35. The van der Waals surface area contributed by atoms with Gasteiger partial charge in [0.2, 0.25) is 5.91 Å². The summed E-state index contributed by atoms with van der Waals surface area (Å²) < 4.78 is 12.3. The number of carbonyl (C=O) groups excluding carboxylic acids is 1. The van der Waals surface area contributed by atoms with Crippen LogP contribution in [0, 0.1) is 0 Å². The van der Waals surface area contributed by atoms with E-state index in [9.17, 15) is 9.00 Å². The fourth-order valence-corrected chi connectivity index (χ4v) is 4.30. The number of carbonyl (C=O) groups is 1. The van der Waals surface area contributed by atoms with E-state index >= 15 is 0 Å². The highest BCUT2D eigenvalue weighted by Crippen LogP contribution is 2.18. The molecule has 7 nitrogen and oxygen atoms in total. The van der Waals surface area contributed by atoms with Gasteiger partial charge in [-0.2, -0.15) is 0 Å². The third kappa shape index (κ3) is 6.91. The van der Waals surface area contributed by atoms with Crippen LogP contribution in [0.15, 0.2) is 35.3 Å². The van der Waals surface area contributed by atoms with Gasteiger partial charge < -0.3 is 15.5 Å². The van der Waals surface area contributed by atoms with E-state index in [4.69, 9.17) is 0 Å². The van der Waals surface area contributed by atoms with Crippen molar-refractivity contribution in [3.05, 3.63) is 35.9 Å². The van der Waals surface area contributed by atoms with E-state index in [-0.39, 0.29) is 5.91 Å². The number of piperazine rings is 1. The first kappa shape index (κ1) is 20.8. The molecule has 2 aliphatic rings. The van der Waals surface area contributed by atoms with E-state index in [1.165, 1.54) is 0 Å². The molecule has 1 aromatic carbocycles. The number of nitrogens with one attached hydrogen (secondary N) is 2. The van der Waals surface area contributed by atoms with Gasteiger partial charge in [0.05, 0.1) is 6.54 Å². The summed E-state index contributed by atoms with van der Waals surface area (Å²) in [4.78, 5) is 20.7. The molecular formula is C20H31N5O2S. The Hall–Kier alpha value is -1.93. The van der Waals surface area contributed by atoms with Gasteiger partial charge in [-0.15, -0.1) is 0 Å². The first-order valence-electron chi connectivity index (χ1n) is 10.0. The summed E-state index contributed by atoms with van der Waals surface area (Å²) in [7, 11) is 0.881. The van der Waals surface area contributed by atoms with Crippen molar-refractivity contribution in [2.24, 2.45) is 4.99 Å². The van der Waals surface area contributed by atoms with Crippen molar-refractivity contribution in [3.8, 4) is 0 Å². The van der Waals surface area contributed by atoms with Gasteiger partial charge in [-0.05, 0) is 18.4 Å². The lowest BCUT2D eigenvalue weighted by molar-refractivity contribution is -0.122. The molecule has 0 radical (unpaired) electrons. The first-order chi connectivity index (χ1) is 13.6. The maximum Gasteiger partial charge on any atom is 0.234 e. The van der Waals surface area contributed by atoms with Crippen LogP contribution in [0.2, 0.25) is 0 Å². The van der Waals surface area contributed by atoms with Crippen LogP contribution in [0.1, 0.15) is 18.4 Å². The molecule has 1 aliphatic heterocycles. The maximum atomic E-state index is 12.3. The smallest absolute Gasteiger partial charge is 0.234 e. The maximum absolute atomic E-state index is 12.3. The molecule has 3 rings (SSSR count). The molecule has 1 saturated heterocycles. The zero-order valence-corrected chi connectivity index (χ0v) is 17.4. The van der Waals surface area contributed by atoms with Gasteiger partial charge in [0.1, 0.15) is 0 Å². The van der Waals surface area contributed by atoms with Gasteiger partial charge in [0.25, 0.3) is 0 Å². The average molecular weight is 406 g/mol. The summed E-state index contributed by atoms with van der Waals surface area (Å²) >= 11 is 0. The summed E-state index contributed by atoms with van der Waals surface area (Å²) in [6.07, 6.45) is 2.25. The SMILES string of the molecule is CN=C(NCCS(=O)Cc1ccccc1)N1CCN(CC(=O)NC2CC2)CC1. The molecule has 1 saturated carbocycles. The Morgan fingerprint density at radius 3 is 2.54 bits per heavy atom. The molecule has 0 aromatic heterocycles. The quantitative estimate of drug-likeness (QED) is 0.484. The molecule has 0 spiro atoms. The molecule has 2 N–H and O–H groups in total. The average Bonchev–Trinajstić information content (AvgIpc) is 3.51. The number of benzene rings is 1. The van der Waals surface area contributed by atoms with Gasteiger partial charge >= 0.3 is 0 Å². The standard InChI is InChI=1S/C20H31N5O2S/c1-21-20(22-9-14-28(27)16-17-5-3-2-4-6-17)25-12-10-24(11-13-25)15-19(26)23-18-7-8-18/h2-6,18H,7-16H2,1H3,(H,21,22)(H,23,26). The van der Waals surface area contributed by atoms with Crippen molar-refractivity contribution in [2.45, 2.75) is 24.6 Å². The van der Waals surface area contributed by atoms with Crippen molar-refractivity contribution >= 4 is 22.7 Å². The Morgan fingerprint density at radius 2 is 1.89 bits per heavy atom. The summed E-state index contributed by atoms with van der Waals surface area (Å²) in [5.74, 6) is 2.16. The van der Waals surface area contributed by atoms with Crippen LogP contribution < -0.4 is 10.6 Å². The fourth-order valence-electron chi connectivity index (χ4n) is 3.26. The normalized spacial score (nSPS) is 19.3. The summed E-state index contributed by atoms with van der Waals surface area (Å²) in [6, 6.07) is 10.4. The lowest BCUT2D eigenvalue weighted by Crippen LogP contribution is -2.54. The highest BCUT2D eigenvalue weighted by Gasteiger charge is 2.25. The van der Waals surface area contributed by atoms with Crippen molar-refractivity contribution in [2.75, 3.05) is 52.1 Å². The third-order valence-corrected chi connectivity index (χ3v) is 6.29. The summed E-state index contributed by atoms with van der Waals surface area (Å²) in [5, 5.41) is 6.37. The molecule has 8 heteroatoms. The Bertz CT molecular complexity index is 685. The topological polar surface area (TPSA) is 77.0 Å². The highest BCUT2D eigenvalue weighted by atomic mass is 32.2. The minimum absolute atomic E-state index is 0.138. The van der Waals surface area contributed by atoms with E-state index in [2.05, 4.69) is 25.4 Å². The molecule has 154 valence electrons. The lowest BCUT2D eigenvalue weighted by atomic mass is 10.2. The number of nitrogens with zero attached hydrogens (tertiary/aromatic N) is 3. The Kier molecular flexibility index (Phi) is 7.85. The molecule has 1 heterocycles. The monoisotopic (exact) mass is 405 g/mol. The molecular weight excluding hydrogens is 374 g/mol. The molecule has 1 atom stereocenters. The van der Waals surface area contributed by atoms with E-state index in [1.54, 1.807) is 7.05 Å². The van der Waals surface area contributed by atoms with E-state index in [0.29, 0.717) is 30.6 Å². The minimum atomic E-state index is -0.895. The predicted octanol–water partition coefficient (Wildman–Crippen LogP) is 0.407. The van der Waals surface area contributed by atoms with Crippen LogP contribution in [0.4, 0.5) is 0 Å². The van der Waals surface area contributed by atoms with Gasteiger partial charge in [0.15, 0.2) is 5.96 Å². The predicted molar refractivity (Wildman–Crippen MR) is 114 cm³/mol. The molecule has 1 unspecified atom stereocenters. The number of rotatable bonds is 8. The number of guanidine groups is 1. The molecule has 1 aliphatic carbocycles. The van der Waals surface area contributed by atoms with E-state index in [0.717, 1.165) is 50.5 Å². The third-order valence-electron chi connectivity index (χ3n) is 4.98. The van der Waals surface area contributed by atoms with Crippen LogP contribution in [-0.4, -0.2) is 84.0 Å². The van der Waals surface area contributed by atoms with Gasteiger partial charge in [0, 0.05) is 68.1 Å². The Labute approximate surface area is 170 Å². The summed E-state index contributed by atoms with van der Waals surface area (Å²) in [5.41, 5.74) is 1.10. The van der Waals surface area contributed by atoms with Crippen LogP contribution in [0.3, 0.4) is 0 Å². The summed E-state index contributed by atoms with van der Waals surface area (Å²) in [6.45, 7) is 4.48. The second-order valence-corrected chi connectivity index (χ2v) is 8.93. The fraction of sp³-hybridized carbons (Fsp3) is 0.600. The van der Waals surface area contributed by atoms with Crippen molar-refractivity contribution < 1.29 is 9.00 Å².